The Kier molecular flexibility index (Phi) is 4.76. The van der Waals surface area contributed by atoms with E-state index in [1.807, 2.05) is 12.1 Å². The van der Waals surface area contributed by atoms with Gasteiger partial charge in [0.1, 0.15) is 0 Å². The lowest BCUT2D eigenvalue weighted by Gasteiger charge is -2.28. The summed E-state index contributed by atoms with van der Waals surface area (Å²) in [6.45, 7) is 3.69. The van der Waals surface area contributed by atoms with Crippen LogP contribution in [0.3, 0.4) is 0 Å². The Labute approximate surface area is 106 Å². The fraction of sp³-hybridized carbons (Fsp3) is 0.500. The lowest BCUT2D eigenvalue weighted by molar-refractivity contribution is 0.00312. The highest BCUT2D eigenvalue weighted by Gasteiger charge is 2.12. The Bertz CT molecular complexity index is 339. The number of ether oxygens (including phenoxy) is 1. The number of nitrogens with zero attached hydrogens (tertiary/aromatic N) is 1. The summed E-state index contributed by atoms with van der Waals surface area (Å²) < 4.78 is 5.25. The molecule has 0 spiro atoms. The van der Waals surface area contributed by atoms with Gasteiger partial charge in [-0.05, 0) is 17.7 Å². The van der Waals surface area contributed by atoms with Gasteiger partial charge in [-0.25, -0.2) is 5.01 Å². The third-order valence-corrected chi connectivity index (χ3v) is 3.03. The van der Waals surface area contributed by atoms with E-state index < -0.39 is 6.10 Å². The van der Waals surface area contributed by atoms with Crippen molar-refractivity contribution in [2.75, 3.05) is 32.8 Å². The Balaban J connectivity index is 1.80. The van der Waals surface area contributed by atoms with Crippen LogP contribution in [0.1, 0.15) is 11.7 Å². The second-order valence-electron chi connectivity index (χ2n) is 4.03. The third kappa shape index (κ3) is 3.94. The number of aliphatic hydroxyl groups is 1. The van der Waals surface area contributed by atoms with Crippen molar-refractivity contribution in [3.63, 3.8) is 0 Å². The van der Waals surface area contributed by atoms with Crippen molar-refractivity contribution in [1.29, 1.82) is 0 Å². The van der Waals surface area contributed by atoms with Gasteiger partial charge in [0.2, 0.25) is 0 Å². The van der Waals surface area contributed by atoms with Crippen LogP contribution in [0.2, 0.25) is 5.02 Å². The van der Waals surface area contributed by atoms with Crippen LogP contribution in [0, 0.1) is 0 Å². The van der Waals surface area contributed by atoms with Gasteiger partial charge in [0.15, 0.2) is 0 Å². The summed E-state index contributed by atoms with van der Waals surface area (Å²) in [5, 5.41) is 12.7. The molecule has 4 nitrogen and oxygen atoms in total. The summed E-state index contributed by atoms with van der Waals surface area (Å²) >= 11 is 5.80. The first kappa shape index (κ1) is 12.8. The summed E-state index contributed by atoms with van der Waals surface area (Å²) in [6, 6.07) is 7.26. The number of nitrogens with one attached hydrogen (secondary N) is 1. The van der Waals surface area contributed by atoms with E-state index >= 15 is 0 Å². The Morgan fingerprint density at radius 3 is 2.59 bits per heavy atom. The summed E-state index contributed by atoms with van der Waals surface area (Å²) in [5.41, 5.74) is 4.08. The van der Waals surface area contributed by atoms with Crippen LogP contribution >= 0.6 is 11.6 Å². The van der Waals surface area contributed by atoms with Crippen LogP contribution in [0.4, 0.5) is 0 Å². The molecule has 0 amide bonds. The van der Waals surface area contributed by atoms with Gasteiger partial charge in [-0.3, -0.25) is 5.43 Å². The molecule has 0 aliphatic carbocycles. The standard InChI is InChI=1S/C12H17ClN2O2/c13-11-3-1-10(2-4-11)12(16)9-14-15-5-7-17-8-6-15/h1-4,12,14,16H,5-9H2. The molecule has 2 rings (SSSR count). The van der Waals surface area contributed by atoms with E-state index in [9.17, 15) is 5.11 Å². The Morgan fingerprint density at radius 2 is 1.94 bits per heavy atom. The van der Waals surface area contributed by atoms with Gasteiger partial charge in [-0.15, -0.1) is 0 Å². The largest absolute Gasteiger partial charge is 0.387 e. The van der Waals surface area contributed by atoms with Crippen molar-refractivity contribution in [2.24, 2.45) is 0 Å². The molecule has 17 heavy (non-hydrogen) atoms. The average Bonchev–Trinajstić information content (AvgIpc) is 2.38. The number of benzene rings is 1. The van der Waals surface area contributed by atoms with Crippen LogP contribution in [0.25, 0.3) is 0 Å². The third-order valence-electron chi connectivity index (χ3n) is 2.77. The van der Waals surface area contributed by atoms with Crippen LogP contribution < -0.4 is 5.43 Å². The molecule has 1 aliphatic heterocycles. The fourth-order valence-corrected chi connectivity index (χ4v) is 1.87. The SMILES string of the molecule is OC(CNN1CCOCC1)c1ccc(Cl)cc1. The fourth-order valence-electron chi connectivity index (χ4n) is 1.74. The second-order valence-corrected chi connectivity index (χ2v) is 4.47. The zero-order valence-corrected chi connectivity index (χ0v) is 10.4. The van der Waals surface area contributed by atoms with Gasteiger partial charge in [0, 0.05) is 24.7 Å². The van der Waals surface area contributed by atoms with E-state index in [0.717, 1.165) is 31.9 Å². The van der Waals surface area contributed by atoms with Crippen molar-refractivity contribution in [2.45, 2.75) is 6.10 Å². The molecule has 0 aromatic heterocycles. The molecule has 1 fully saturated rings. The van der Waals surface area contributed by atoms with Gasteiger partial charge < -0.3 is 9.84 Å². The number of hydrazine groups is 1. The van der Waals surface area contributed by atoms with Gasteiger partial charge >= 0.3 is 0 Å². The summed E-state index contributed by atoms with van der Waals surface area (Å²) in [6.07, 6.45) is -0.518. The quantitative estimate of drug-likeness (QED) is 0.850. The van der Waals surface area contributed by atoms with E-state index in [4.69, 9.17) is 16.3 Å². The molecule has 0 saturated carbocycles. The zero-order valence-electron chi connectivity index (χ0n) is 9.60. The van der Waals surface area contributed by atoms with E-state index in [2.05, 4.69) is 10.4 Å². The first-order valence-electron chi connectivity index (χ1n) is 5.75. The smallest absolute Gasteiger partial charge is 0.0928 e. The molecule has 1 unspecified atom stereocenters. The first-order chi connectivity index (χ1) is 8.25. The minimum absolute atomic E-state index is 0.502. The summed E-state index contributed by atoms with van der Waals surface area (Å²) in [5.74, 6) is 0. The van der Waals surface area contributed by atoms with Crippen molar-refractivity contribution in [1.82, 2.24) is 10.4 Å². The lowest BCUT2D eigenvalue weighted by Crippen LogP contribution is -2.47. The molecule has 1 aliphatic rings. The highest BCUT2D eigenvalue weighted by atomic mass is 35.5. The van der Waals surface area contributed by atoms with E-state index in [-0.39, 0.29) is 0 Å². The monoisotopic (exact) mass is 256 g/mol. The molecule has 0 radical (unpaired) electrons. The van der Waals surface area contributed by atoms with Crippen LogP contribution in [0.5, 0.6) is 0 Å². The van der Waals surface area contributed by atoms with Crippen molar-refractivity contribution >= 4 is 11.6 Å². The number of rotatable bonds is 4. The van der Waals surface area contributed by atoms with E-state index in [1.54, 1.807) is 12.1 Å². The number of morpholine rings is 1. The lowest BCUT2D eigenvalue weighted by atomic mass is 10.1. The minimum atomic E-state index is -0.518. The minimum Gasteiger partial charge on any atom is -0.387 e. The zero-order chi connectivity index (χ0) is 12.1. The Morgan fingerprint density at radius 1 is 1.29 bits per heavy atom. The number of hydrogen-bond acceptors (Lipinski definition) is 4. The molecule has 2 N–H and O–H groups in total. The maximum atomic E-state index is 9.98. The topological polar surface area (TPSA) is 44.7 Å². The molecular formula is C12H17ClN2O2. The predicted molar refractivity (Wildman–Crippen MR) is 66.8 cm³/mol. The van der Waals surface area contributed by atoms with Crippen molar-refractivity contribution < 1.29 is 9.84 Å². The number of hydrogen-bond donors (Lipinski definition) is 2. The maximum absolute atomic E-state index is 9.98. The maximum Gasteiger partial charge on any atom is 0.0928 e. The molecule has 1 aromatic carbocycles. The van der Waals surface area contributed by atoms with E-state index in [0.29, 0.717) is 11.6 Å². The second kappa shape index (κ2) is 6.33. The normalized spacial score (nSPS) is 19.2. The van der Waals surface area contributed by atoms with Crippen LogP contribution in [-0.2, 0) is 4.74 Å². The highest BCUT2D eigenvalue weighted by molar-refractivity contribution is 6.30. The highest BCUT2D eigenvalue weighted by Crippen LogP contribution is 2.15. The van der Waals surface area contributed by atoms with Gasteiger partial charge in [-0.1, -0.05) is 23.7 Å². The predicted octanol–water partition coefficient (Wildman–Crippen LogP) is 1.21. The van der Waals surface area contributed by atoms with Gasteiger partial charge in [0.05, 0.1) is 19.3 Å². The Hall–Kier alpha value is -0.650. The molecule has 5 heteroatoms. The molecule has 1 atom stereocenters. The van der Waals surface area contributed by atoms with Crippen molar-refractivity contribution in [3.8, 4) is 0 Å². The van der Waals surface area contributed by atoms with Crippen LogP contribution in [0.15, 0.2) is 24.3 Å². The van der Waals surface area contributed by atoms with Gasteiger partial charge in [-0.2, -0.15) is 0 Å². The molecule has 1 aromatic rings. The van der Waals surface area contributed by atoms with Crippen LogP contribution in [-0.4, -0.2) is 43.0 Å². The molecule has 1 heterocycles. The molecular weight excluding hydrogens is 240 g/mol. The first-order valence-corrected chi connectivity index (χ1v) is 6.13. The summed E-state index contributed by atoms with van der Waals surface area (Å²) in [7, 11) is 0. The van der Waals surface area contributed by atoms with Gasteiger partial charge in [0.25, 0.3) is 0 Å². The number of halogens is 1. The average molecular weight is 257 g/mol. The summed E-state index contributed by atoms with van der Waals surface area (Å²) in [4.78, 5) is 0. The van der Waals surface area contributed by atoms with Crippen molar-refractivity contribution in [3.05, 3.63) is 34.9 Å². The molecule has 1 saturated heterocycles. The molecule has 0 bridgehead atoms. The number of aliphatic hydroxyl groups excluding tert-OH is 1. The van der Waals surface area contributed by atoms with E-state index in [1.165, 1.54) is 0 Å². The molecule has 94 valence electrons.